The molecule has 1 aromatic carbocycles. The fourth-order valence-electron chi connectivity index (χ4n) is 0.992. The van der Waals surface area contributed by atoms with Gasteiger partial charge >= 0.3 is 0 Å². The number of fused-ring (bicyclic) bond motifs is 1. The van der Waals surface area contributed by atoms with Crippen LogP contribution >= 0.6 is 11.6 Å². The third kappa shape index (κ3) is 1.20. The van der Waals surface area contributed by atoms with Crippen LogP contribution in [-0.2, 0) is 0 Å². The van der Waals surface area contributed by atoms with E-state index in [2.05, 4.69) is 15.4 Å². The maximum absolute atomic E-state index is 10.5. The Morgan fingerprint density at radius 2 is 2.00 bits per heavy atom. The van der Waals surface area contributed by atoms with E-state index in [1.807, 2.05) is 0 Å². The smallest absolute Gasteiger partial charge is 0.258 e. The van der Waals surface area contributed by atoms with E-state index < -0.39 is 4.92 Å². The zero-order chi connectivity index (χ0) is 9.42. The predicted molar refractivity (Wildman–Crippen MR) is 45.6 cm³/mol. The normalized spacial score (nSPS) is 10.5. The highest BCUT2D eigenvalue weighted by Crippen LogP contribution is 2.27. The Hall–Kier alpha value is -1.69. The van der Waals surface area contributed by atoms with Gasteiger partial charge < -0.3 is 0 Å². The van der Waals surface area contributed by atoms with Gasteiger partial charge in [0.2, 0.25) is 0 Å². The molecule has 7 heteroatoms. The quantitative estimate of drug-likeness (QED) is 0.556. The van der Waals surface area contributed by atoms with Crippen LogP contribution in [0.15, 0.2) is 12.1 Å². The van der Waals surface area contributed by atoms with Gasteiger partial charge in [0.1, 0.15) is 16.1 Å². The van der Waals surface area contributed by atoms with Crippen LogP contribution in [0.1, 0.15) is 0 Å². The lowest BCUT2D eigenvalue weighted by atomic mass is 10.3. The summed E-state index contributed by atoms with van der Waals surface area (Å²) in [6, 6.07) is 2.68. The number of rotatable bonds is 1. The number of aromatic amines is 1. The molecule has 6 nitrogen and oxygen atoms in total. The van der Waals surface area contributed by atoms with Crippen LogP contribution in [0.25, 0.3) is 11.0 Å². The molecule has 0 atom stereocenters. The first-order valence-corrected chi connectivity index (χ1v) is 3.70. The number of nitro benzene ring substituents is 1. The molecule has 2 rings (SSSR count). The second-order valence-corrected chi connectivity index (χ2v) is 2.78. The van der Waals surface area contributed by atoms with Crippen LogP contribution in [0.4, 0.5) is 5.69 Å². The van der Waals surface area contributed by atoms with Gasteiger partial charge in [-0.25, -0.2) is 0 Å². The molecule has 1 N–H and O–H groups in total. The molecule has 1 aromatic heterocycles. The number of nitrogens with one attached hydrogen (secondary N) is 1. The maximum atomic E-state index is 10.5. The van der Waals surface area contributed by atoms with Gasteiger partial charge in [0.15, 0.2) is 0 Å². The van der Waals surface area contributed by atoms with E-state index in [9.17, 15) is 10.1 Å². The minimum absolute atomic E-state index is 0.0615. The van der Waals surface area contributed by atoms with E-state index in [0.29, 0.717) is 11.0 Å². The highest BCUT2D eigenvalue weighted by molar-refractivity contribution is 6.33. The molecule has 0 amide bonds. The number of hydrogen-bond acceptors (Lipinski definition) is 4. The van der Waals surface area contributed by atoms with Gasteiger partial charge in [-0.3, -0.25) is 10.1 Å². The molecule has 0 spiro atoms. The highest BCUT2D eigenvalue weighted by Gasteiger charge is 2.14. The van der Waals surface area contributed by atoms with Crippen LogP contribution < -0.4 is 0 Å². The van der Waals surface area contributed by atoms with Crippen molar-refractivity contribution in [2.75, 3.05) is 0 Å². The molecule has 0 aliphatic rings. The van der Waals surface area contributed by atoms with Gasteiger partial charge in [0.25, 0.3) is 5.69 Å². The molecule has 2 aromatic rings. The van der Waals surface area contributed by atoms with Crippen molar-refractivity contribution in [3.63, 3.8) is 0 Å². The number of benzene rings is 1. The molecule has 0 bridgehead atoms. The van der Waals surface area contributed by atoms with Gasteiger partial charge in [0, 0.05) is 6.07 Å². The van der Waals surface area contributed by atoms with E-state index in [0.717, 1.165) is 0 Å². The Balaban J connectivity index is 2.76. The van der Waals surface area contributed by atoms with Gasteiger partial charge in [-0.2, -0.15) is 15.4 Å². The summed E-state index contributed by atoms with van der Waals surface area (Å²) in [7, 11) is 0. The Bertz CT molecular complexity index is 480. The van der Waals surface area contributed by atoms with Crippen molar-refractivity contribution in [1.82, 2.24) is 15.4 Å². The zero-order valence-corrected chi connectivity index (χ0v) is 6.95. The standard InChI is InChI=1S/C6H3ClN4O2/c7-3-1-4-5(9-10-8-4)2-6(3)11(12)13/h1-2H,(H,8,9,10). The third-order valence-electron chi connectivity index (χ3n) is 1.58. The first-order valence-electron chi connectivity index (χ1n) is 3.33. The Labute approximate surface area is 76.7 Å². The average Bonchev–Trinajstić information content (AvgIpc) is 2.48. The van der Waals surface area contributed by atoms with Crippen molar-refractivity contribution in [2.24, 2.45) is 0 Å². The lowest BCUT2D eigenvalue weighted by Crippen LogP contribution is -1.88. The molecule has 0 saturated carbocycles. The largest absolute Gasteiger partial charge is 0.290 e. The molecule has 13 heavy (non-hydrogen) atoms. The number of H-pyrrole nitrogens is 1. The molecule has 66 valence electrons. The zero-order valence-electron chi connectivity index (χ0n) is 6.19. The van der Waals surface area contributed by atoms with Crippen LogP contribution in [0.5, 0.6) is 0 Å². The third-order valence-corrected chi connectivity index (χ3v) is 1.88. The molecule has 0 fully saturated rings. The number of nitrogens with zero attached hydrogens (tertiary/aromatic N) is 3. The van der Waals surface area contributed by atoms with Crippen LogP contribution in [0, 0.1) is 10.1 Å². The SMILES string of the molecule is O=[N+]([O-])c1cc2n[nH]nc2cc1Cl. The Morgan fingerprint density at radius 1 is 1.38 bits per heavy atom. The first kappa shape index (κ1) is 7.93. The molecule has 0 unspecified atom stereocenters. The van der Waals surface area contributed by atoms with E-state index >= 15 is 0 Å². The highest BCUT2D eigenvalue weighted by atomic mass is 35.5. The Morgan fingerprint density at radius 3 is 2.62 bits per heavy atom. The topological polar surface area (TPSA) is 84.7 Å². The van der Waals surface area contributed by atoms with Gasteiger partial charge in [-0.15, -0.1) is 0 Å². The number of aromatic nitrogens is 3. The van der Waals surface area contributed by atoms with Crippen molar-refractivity contribution in [2.45, 2.75) is 0 Å². The summed E-state index contributed by atoms with van der Waals surface area (Å²) in [5.74, 6) is 0. The molecule has 0 radical (unpaired) electrons. The summed E-state index contributed by atoms with van der Waals surface area (Å²) in [5.41, 5.74) is 0.773. The van der Waals surface area contributed by atoms with E-state index in [4.69, 9.17) is 11.6 Å². The van der Waals surface area contributed by atoms with Crippen LogP contribution in [0.3, 0.4) is 0 Å². The molecule has 0 aliphatic heterocycles. The number of nitro groups is 1. The lowest BCUT2D eigenvalue weighted by molar-refractivity contribution is -0.384. The minimum Gasteiger partial charge on any atom is -0.258 e. The van der Waals surface area contributed by atoms with Crippen LogP contribution in [0.2, 0.25) is 5.02 Å². The monoisotopic (exact) mass is 198 g/mol. The van der Waals surface area contributed by atoms with Crippen molar-refractivity contribution in [1.29, 1.82) is 0 Å². The maximum Gasteiger partial charge on any atom is 0.290 e. The average molecular weight is 199 g/mol. The first-order chi connectivity index (χ1) is 6.18. The summed E-state index contributed by atoms with van der Waals surface area (Å²) in [6.07, 6.45) is 0. The minimum atomic E-state index is -0.559. The predicted octanol–water partition coefficient (Wildman–Crippen LogP) is 1.52. The van der Waals surface area contributed by atoms with Crippen molar-refractivity contribution >= 4 is 28.3 Å². The number of hydrogen-bond donors (Lipinski definition) is 1. The van der Waals surface area contributed by atoms with E-state index in [-0.39, 0.29) is 10.7 Å². The summed E-state index contributed by atoms with van der Waals surface area (Å²) in [6.45, 7) is 0. The second kappa shape index (κ2) is 2.67. The fourth-order valence-corrected chi connectivity index (χ4v) is 1.22. The second-order valence-electron chi connectivity index (χ2n) is 2.37. The van der Waals surface area contributed by atoms with Crippen molar-refractivity contribution in [3.05, 3.63) is 27.3 Å². The number of halogens is 1. The summed E-state index contributed by atoms with van der Waals surface area (Å²) in [4.78, 5) is 9.89. The molecule has 0 aliphatic carbocycles. The summed E-state index contributed by atoms with van der Waals surface area (Å²) < 4.78 is 0. The van der Waals surface area contributed by atoms with Crippen LogP contribution in [-0.4, -0.2) is 20.3 Å². The molecular formula is C6H3ClN4O2. The van der Waals surface area contributed by atoms with E-state index in [1.54, 1.807) is 0 Å². The lowest BCUT2D eigenvalue weighted by Gasteiger charge is -1.92. The van der Waals surface area contributed by atoms with Gasteiger partial charge in [-0.1, -0.05) is 11.6 Å². The molecule has 0 saturated heterocycles. The van der Waals surface area contributed by atoms with Crippen molar-refractivity contribution in [3.8, 4) is 0 Å². The van der Waals surface area contributed by atoms with E-state index in [1.165, 1.54) is 12.1 Å². The fraction of sp³-hybridized carbons (Fsp3) is 0. The summed E-state index contributed by atoms with van der Waals surface area (Å²) in [5, 5.41) is 20.3. The molecular weight excluding hydrogens is 196 g/mol. The molecule has 1 heterocycles. The van der Waals surface area contributed by atoms with Gasteiger partial charge in [-0.05, 0) is 6.07 Å². The van der Waals surface area contributed by atoms with Crippen molar-refractivity contribution < 1.29 is 4.92 Å². The summed E-state index contributed by atoms with van der Waals surface area (Å²) >= 11 is 5.63. The van der Waals surface area contributed by atoms with Gasteiger partial charge in [0.05, 0.1) is 4.92 Å². The Kier molecular flexibility index (Phi) is 1.63.